The van der Waals surface area contributed by atoms with Crippen LogP contribution in [0.5, 0.6) is 0 Å². The van der Waals surface area contributed by atoms with Crippen molar-refractivity contribution in [2.45, 2.75) is 63.4 Å². The molecule has 208 valence electrons. The third kappa shape index (κ3) is 9.48. The predicted molar refractivity (Wildman–Crippen MR) is 123 cm³/mol. The fourth-order valence-electron chi connectivity index (χ4n) is 3.79. The van der Waals surface area contributed by atoms with Crippen LogP contribution in [0.15, 0.2) is 24.3 Å². The van der Waals surface area contributed by atoms with Crippen molar-refractivity contribution >= 4 is 28.0 Å². The highest BCUT2D eigenvalue weighted by Crippen LogP contribution is 2.29. The smallest absolute Gasteiger partial charge is 0.416 e. The fourth-order valence-corrected chi connectivity index (χ4v) is 4.38. The summed E-state index contributed by atoms with van der Waals surface area (Å²) >= 11 is 0. The molecule has 1 heterocycles. The molecule has 2 rings (SSSR count). The van der Waals surface area contributed by atoms with Gasteiger partial charge in [-0.3, -0.25) is 14.1 Å². The zero-order valence-corrected chi connectivity index (χ0v) is 20.9. The summed E-state index contributed by atoms with van der Waals surface area (Å²) in [5.41, 5.74) is -3.30. The zero-order chi connectivity index (χ0) is 28.0. The first kappa shape index (κ1) is 30.3. The molecule has 0 aliphatic carbocycles. The molecular formula is C22H30F3N3O8S. The SMILES string of the molecule is CC(C)C[C@H](NC(=O)OCc1cccc(C(F)(F)F)c1)C(=O)N[C@@H](C[C@@H]1CCNC1=O)C(O)S(=O)(=O)O. The Morgan fingerprint density at radius 3 is 2.46 bits per heavy atom. The largest absolute Gasteiger partial charge is 0.445 e. The van der Waals surface area contributed by atoms with Gasteiger partial charge in [-0.2, -0.15) is 21.6 Å². The van der Waals surface area contributed by atoms with Crippen LogP contribution in [0.3, 0.4) is 0 Å². The number of amides is 3. The summed E-state index contributed by atoms with van der Waals surface area (Å²) in [6, 6.07) is 1.28. The van der Waals surface area contributed by atoms with E-state index in [0.29, 0.717) is 13.0 Å². The van der Waals surface area contributed by atoms with E-state index in [-0.39, 0.29) is 24.3 Å². The maximum atomic E-state index is 12.9. The van der Waals surface area contributed by atoms with Crippen LogP contribution in [0.4, 0.5) is 18.0 Å². The normalized spacial score (nSPS) is 18.6. The first-order chi connectivity index (χ1) is 17.1. The Bertz CT molecular complexity index is 1080. The van der Waals surface area contributed by atoms with E-state index in [1.165, 1.54) is 6.07 Å². The van der Waals surface area contributed by atoms with Gasteiger partial charge in [0.2, 0.25) is 17.3 Å². The van der Waals surface area contributed by atoms with Crippen molar-refractivity contribution in [2.24, 2.45) is 11.8 Å². The third-order valence-corrected chi connectivity index (χ3v) is 6.56. The highest BCUT2D eigenvalue weighted by Gasteiger charge is 2.38. The Morgan fingerprint density at radius 2 is 1.92 bits per heavy atom. The lowest BCUT2D eigenvalue weighted by atomic mass is 9.97. The van der Waals surface area contributed by atoms with E-state index >= 15 is 0 Å². The van der Waals surface area contributed by atoms with Gasteiger partial charge in [0, 0.05) is 12.5 Å². The number of alkyl halides is 3. The summed E-state index contributed by atoms with van der Waals surface area (Å²) in [5.74, 6) is -2.21. The lowest BCUT2D eigenvalue weighted by Crippen LogP contribution is -2.54. The van der Waals surface area contributed by atoms with Crippen molar-refractivity contribution in [1.82, 2.24) is 16.0 Å². The molecule has 15 heteroatoms. The summed E-state index contributed by atoms with van der Waals surface area (Å²) < 4.78 is 75.9. The molecule has 5 N–H and O–H groups in total. The van der Waals surface area contributed by atoms with Gasteiger partial charge in [-0.15, -0.1) is 0 Å². The monoisotopic (exact) mass is 553 g/mol. The average Bonchev–Trinajstić information content (AvgIpc) is 3.19. The number of hydrogen-bond donors (Lipinski definition) is 5. The number of carbonyl (C=O) groups excluding carboxylic acids is 3. The molecular weight excluding hydrogens is 523 g/mol. The Balaban J connectivity index is 2.10. The van der Waals surface area contributed by atoms with Crippen molar-refractivity contribution in [1.29, 1.82) is 0 Å². The highest BCUT2D eigenvalue weighted by atomic mass is 32.2. The summed E-state index contributed by atoms with van der Waals surface area (Å²) in [6.07, 6.45) is -5.64. The standard InChI is InChI=1S/C22H30F3N3O8S/c1-12(2)8-16(28-21(32)36-11-13-4-3-5-15(9-13)22(23,24)25)19(30)27-17(20(31)37(33,34)35)10-14-6-7-26-18(14)29/h3-5,9,12,14,16-17,20,31H,6-8,10-11H2,1-2H3,(H,26,29)(H,27,30)(H,28,32)(H,33,34,35)/t14-,16-,17-,20?/m0/s1. The zero-order valence-electron chi connectivity index (χ0n) is 20.1. The molecule has 37 heavy (non-hydrogen) atoms. The Kier molecular flexibility index (Phi) is 10.3. The minimum absolute atomic E-state index is 0.0447. The van der Waals surface area contributed by atoms with Gasteiger partial charge in [-0.1, -0.05) is 26.0 Å². The number of hydrogen-bond acceptors (Lipinski definition) is 7. The van der Waals surface area contributed by atoms with Crippen molar-refractivity contribution in [3.05, 3.63) is 35.4 Å². The number of benzene rings is 1. The molecule has 1 unspecified atom stereocenters. The number of carbonyl (C=O) groups is 3. The van der Waals surface area contributed by atoms with E-state index in [0.717, 1.165) is 18.2 Å². The van der Waals surface area contributed by atoms with Crippen molar-refractivity contribution in [2.75, 3.05) is 6.54 Å². The molecule has 4 atom stereocenters. The maximum absolute atomic E-state index is 12.9. The van der Waals surface area contributed by atoms with Gasteiger partial charge in [0.05, 0.1) is 11.6 Å². The van der Waals surface area contributed by atoms with Crippen LogP contribution >= 0.6 is 0 Å². The van der Waals surface area contributed by atoms with E-state index in [9.17, 15) is 45.6 Å². The van der Waals surface area contributed by atoms with Crippen molar-refractivity contribution < 1.29 is 50.4 Å². The number of rotatable bonds is 11. The molecule has 0 saturated carbocycles. The van der Waals surface area contributed by atoms with Gasteiger partial charge in [-0.05, 0) is 42.9 Å². The first-order valence-corrected chi connectivity index (χ1v) is 12.9. The summed E-state index contributed by atoms with van der Waals surface area (Å²) in [7, 11) is -5.01. The second-order valence-corrected chi connectivity index (χ2v) is 10.6. The van der Waals surface area contributed by atoms with Gasteiger partial charge in [0.1, 0.15) is 12.6 Å². The second kappa shape index (κ2) is 12.6. The molecule has 1 aromatic carbocycles. The molecule has 11 nitrogen and oxygen atoms in total. The molecule has 1 aliphatic rings. The number of nitrogens with one attached hydrogen (secondary N) is 3. The quantitative estimate of drug-likeness (QED) is 0.257. The molecule has 0 radical (unpaired) electrons. The van der Waals surface area contributed by atoms with Crippen LogP contribution in [0.25, 0.3) is 0 Å². The number of aliphatic hydroxyl groups is 1. The third-order valence-electron chi connectivity index (χ3n) is 5.62. The molecule has 0 spiro atoms. The molecule has 1 aromatic rings. The molecule has 1 saturated heterocycles. The fraction of sp³-hybridized carbons (Fsp3) is 0.591. The minimum Gasteiger partial charge on any atom is -0.445 e. The highest BCUT2D eigenvalue weighted by molar-refractivity contribution is 7.86. The average molecular weight is 554 g/mol. The lowest BCUT2D eigenvalue weighted by Gasteiger charge is -2.27. The molecule has 1 fully saturated rings. The summed E-state index contributed by atoms with van der Waals surface area (Å²) in [4.78, 5) is 37.2. The molecule has 0 aromatic heterocycles. The van der Waals surface area contributed by atoms with Gasteiger partial charge in [0.15, 0.2) is 0 Å². The lowest BCUT2D eigenvalue weighted by molar-refractivity contribution is -0.137. The van der Waals surface area contributed by atoms with Crippen molar-refractivity contribution in [3.8, 4) is 0 Å². The molecule has 0 bridgehead atoms. The Morgan fingerprint density at radius 1 is 1.24 bits per heavy atom. The number of halogens is 3. The van der Waals surface area contributed by atoms with E-state index in [1.54, 1.807) is 13.8 Å². The van der Waals surface area contributed by atoms with Gasteiger partial charge in [0.25, 0.3) is 10.1 Å². The minimum atomic E-state index is -5.01. The van der Waals surface area contributed by atoms with E-state index in [1.807, 2.05) is 0 Å². The predicted octanol–water partition coefficient (Wildman–Crippen LogP) is 1.56. The van der Waals surface area contributed by atoms with E-state index in [2.05, 4.69) is 16.0 Å². The first-order valence-electron chi connectivity index (χ1n) is 11.4. The summed E-state index contributed by atoms with van der Waals surface area (Å²) in [6.45, 7) is 3.25. The van der Waals surface area contributed by atoms with Crippen LogP contribution in [-0.4, -0.2) is 60.0 Å². The number of ether oxygens (including phenoxy) is 1. The Hall–Kier alpha value is -2.91. The van der Waals surface area contributed by atoms with Crippen LogP contribution in [0.1, 0.15) is 44.2 Å². The van der Waals surface area contributed by atoms with Gasteiger partial charge < -0.3 is 25.8 Å². The Labute approximate surface area is 211 Å². The van der Waals surface area contributed by atoms with E-state index in [4.69, 9.17) is 4.74 Å². The van der Waals surface area contributed by atoms with Gasteiger partial charge >= 0.3 is 12.3 Å². The van der Waals surface area contributed by atoms with Crippen LogP contribution < -0.4 is 16.0 Å². The number of aliphatic hydroxyl groups excluding tert-OH is 1. The van der Waals surface area contributed by atoms with Crippen molar-refractivity contribution in [3.63, 3.8) is 0 Å². The van der Waals surface area contributed by atoms with Crippen LogP contribution in [-0.2, 0) is 37.2 Å². The molecule has 1 aliphatic heterocycles. The van der Waals surface area contributed by atoms with Crippen LogP contribution in [0, 0.1) is 11.8 Å². The van der Waals surface area contributed by atoms with Crippen LogP contribution in [0.2, 0.25) is 0 Å². The number of alkyl carbamates (subject to hydrolysis) is 1. The second-order valence-electron chi connectivity index (χ2n) is 9.13. The topological polar surface area (TPSA) is 171 Å². The maximum Gasteiger partial charge on any atom is 0.416 e. The summed E-state index contributed by atoms with van der Waals surface area (Å²) in [5, 5.41) is 17.2. The molecule has 3 amide bonds. The van der Waals surface area contributed by atoms with E-state index < -0.39 is 69.8 Å². The van der Waals surface area contributed by atoms with Gasteiger partial charge in [-0.25, -0.2) is 4.79 Å².